The van der Waals surface area contributed by atoms with E-state index < -0.39 is 0 Å². The van der Waals surface area contributed by atoms with E-state index >= 15 is 0 Å². The second-order valence-corrected chi connectivity index (χ2v) is 5.84. The normalized spacial score (nSPS) is 16.0. The first-order chi connectivity index (χ1) is 10.2. The summed E-state index contributed by atoms with van der Waals surface area (Å²) in [5.74, 6) is 0.0348. The quantitative estimate of drug-likeness (QED) is 0.807. The van der Waals surface area contributed by atoms with Gasteiger partial charge in [0.2, 0.25) is 0 Å². The van der Waals surface area contributed by atoms with Crippen LogP contribution in [0.2, 0.25) is 0 Å². The summed E-state index contributed by atoms with van der Waals surface area (Å²) in [5.41, 5.74) is 2.24. The molecule has 0 spiro atoms. The topological polar surface area (TPSA) is 47.8 Å². The minimum absolute atomic E-state index is 0.0348. The first-order valence-electron chi connectivity index (χ1n) is 7.73. The number of aromatic nitrogens is 3. The lowest BCUT2D eigenvalue weighted by Crippen LogP contribution is -2.14. The van der Waals surface area contributed by atoms with Gasteiger partial charge in [0.1, 0.15) is 5.69 Å². The number of rotatable bonds is 4. The van der Waals surface area contributed by atoms with E-state index in [9.17, 15) is 4.79 Å². The van der Waals surface area contributed by atoms with Crippen molar-refractivity contribution in [3.05, 3.63) is 47.5 Å². The van der Waals surface area contributed by atoms with Crippen LogP contribution < -0.4 is 0 Å². The predicted molar refractivity (Wildman–Crippen MR) is 81.4 cm³/mol. The number of aryl methyl sites for hydroxylation is 1. The summed E-state index contributed by atoms with van der Waals surface area (Å²) >= 11 is 0. The lowest BCUT2D eigenvalue weighted by Gasteiger charge is -2.21. The molecule has 0 saturated heterocycles. The van der Waals surface area contributed by atoms with Gasteiger partial charge in [-0.1, -0.05) is 25.3 Å². The summed E-state index contributed by atoms with van der Waals surface area (Å²) in [5, 5.41) is 4.59. The van der Waals surface area contributed by atoms with E-state index in [0.717, 1.165) is 11.4 Å². The number of hydrogen-bond acceptors (Lipinski definition) is 3. The molecule has 1 aliphatic carbocycles. The van der Waals surface area contributed by atoms with Crippen LogP contribution in [0, 0.1) is 6.92 Å². The minimum Gasteiger partial charge on any atom is -0.292 e. The number of nitrogens with zero attached hydrogens (tertiary/aromatic N) is 3. The van der Waals surface area contributed by atoms with Gasteiger partial charge in [-0.25, -0.2) is 0 Å². The molecule has 4 nitrogen and oxygen atoms in total. The maximum atomic E-state index is 12.2. The summed E-state index contributed by atoms with van der Waals surface area (Å²) in [6.07, 6.45) is 8.65. The number of carbonyl (C=O) groups excluding carboxylic acids is 1. The summed E-state index contributed by atoms with van der Waals surface area (Å²) in [6, 6.07) is 8.01. The molecular formula is C17H21N3O. The molecule has 21 heavy (non-hydrogen) atoms. The van der Waals surface area contributed by atoms with Crippen LogP contribution in [-0.4, -0.2) is 20.5 Å². The zero-order valence-electron chi connectivity index (χ0n) is 12.5. The van der Waals surface area contributed by atoms with Crippen LogP contribution in [0.3, 0.4) is 0 Å². The van der Waals surface area contributed by atoms with Crippen molar-refractivity contribution in [2.24, 2.45) is 0 Å². The Morgan fingerprint density at radius 1 is 1.24 bits per heavy atom. The van der Waals surface area contributed by atoms with Crippen molar-refractivity contribution in [1.29, 1.82) is 0 Å². The Morgan fingerprint density at radius 2 is 2.05 bits per heavy atom. The van der Waals surface area contributed by atoms with Crippen LogP contribution in [0.1, 0.15) is 60.0 Å². The lowest BCUT2D eigenvalue weighted by atomic mass is 9.96. The molecule has 0 N–H and O–H groups in total. The highest BCUT2D eigenvalue weighted by Crippen LogP contribution is 2.27. The molecule has 0 bridgehead atoms. The highest BCUT2D eigenvalue weighted by atomic mass is 16.1. The third-order valence-corrected chi connectivity index (χ3v) is 4.13. The van der Waals surface area contributed by atoms with Crippen LogP contribution in [0.4, 0.5) is 0 Å². The summed E-state index contributed by atoms with van der Waals surface area (Å²) in [6.45, 7) is 1.90. The second kappa shape index (κ2) is 6.20. The van der Waals surface area contributed by atoms with Gasteiger partial charge in [-0.3, -0.25) is 14.5 Å². The highest BCUT2D eigenvalue weighted by Gasteiger charge is 2.17. The Bertz CT molecular complexity index is 626. The average Bonchev–Trinajstić information content (AvgIpc) is 2.97. The number of hydrogen-bond donors (Lipinski definition) is 0. The van der Waals surface area contributed by atoms with E-state index in [-0.39, 0.29) is 5.78 Å². The van der Waals surface area contributed by atoms with Gasteiger partial charge >= 0.3 is 0 Å². The Kier molecular flexibility index (Phi) is 4.13. The third-order valence-electron chi connectivity index (χ3n) is 4.13. The van der Waals surface area contributed by atoms with Crippen molar-refractivity contribution in [1.82, 2.24) is 14.8 Å². The fraction of sp³-hybridized carbons (Fsp3) is 0.471. The summed E-state index contributed by atoms with van der Waals surface area (Å²) in [7, 11) is 0. The Labute approximate surface area is 125 Å². The fourth-order valence-corrected chi connectivity index (χ4v) is 2.97. The largest absolute Gasteiger partial charge is 0.292 e. The molecule has 0 aromatic carbocycles. The number of ketones is 1. The van der Waals surface area contributed by atoms with Gasteiger partial charge in [-0.05, 0) is 38.0 Å². The Morgan fingerprint density at radius 3 is 2.81 bits per heavy atom. The first-order valence-corrected chi connectivity index (χ1v) is 7.73. The molecule has 0 atom stereocenters. The Hall–Kier alpha value is -1.97. The van der Waals surface area contributed by atoms with Gasteiger partial charge in [0.05, 0.1) is 18.2 Å². The van der Waals surface area contributed by atoms with E-state index in [0.29, 0.717) is 18.2 Å². The monoisotopic (exact) mass is 283 g/mol. The molecule has 0 amide bonds. The van der Waals surface area contributed by atoms with Crippen molar-refractivity contribution >= 4 is 5.78 Å². The van der Waals surface area contributed by atoms with Crippen molar-refractivity contribution < 1.29 is 4.79 Å². The number of pyridine rings is 1. The van der Waals surface area contributed by atoms with Gasteiger partial charge < -0.3 is 0 Å². The zero-order valence-corrected chi connectivity index (χ0v) is 12.5. The molecule has 2 heterocycles. The van der Waals surface area contributed by atoms with Crippen LogP contribution in [0.5, 0.6) is 0 Å². The van der Waals surface area contributed by atoms with Crippen molar-refractivity contribution in [3.63, 3.8) is 0 Å². The molecule has 0 unspecified atom stereocenters. The highest BCUT2D eigenvalue weighted by molar-refractivity contribution is 5.95. The number of Topliss-reactive ketones (excluding diaryl/α,β-unsaturated/α-hetero) is 1. The van der Waals surface area contributed by atoms with E-state index in [1.807, 2.05) is 36.0 Å². The molecule has 2 aromatic heterocycles. The van der Waals surface area contributed by atoms with Gasteiger partial charge in [0.25, 0.3) is 0 Å². The molecule has 3 rings (SSSR count). The third kappa shape index (κ3) is 3.38. The zero-order chi connectivity index (χ0) is 14.7. The SMILES string of the molecule is Cc1cccc(C(=O)Cc2ccn(C3CCCCC3)n2)n1. The summed E-state index contributed by atoms with van der Waals surface area (Å²) < 4.78 is 2.05. The molecule has 0 radical (unpaired) electrons. The number of carbonyl (C=O) groups is 1. The van der Waals surface area contributed by atoms with E-state index in [4.69, 9.17) is 0 Å². The van der Waals surface area contributed by atoms with Crippen LogP contribution in [-0.2, 0) is 6.42 Å². The molecule has 1 fully saturated rings. The van der Waals surface area contributed by atoms with Gasteiger partial charge in [0, 0.05) is 11.9 Å². The smallest absolute Gasteiger partial charge is 0.187 e. The average molecular weight is 283 g/mol. The van der Waals surface area contributed by atoms with Crippen LogP contribution in [0.15, 0.2) is 30.5 Å². The van der Waals surface area contributed by atoms with E-state index in [1.165, 1.54) is 32.1 Å². The minimum atomic E-state index is 0.0348. The van der Waals surface area contributed by atoms with Crippen LogP contribution in [0.25, 0.3) is 0 Å². The molecule has 4 heteroatoms. The molecule has 1 saturated carbocycles. The van der Waals surface area contributed by atoms with Crippen LogP contribution >= 0.6 is 0 Å². The molecule has 0 aliphatic heterocycles. The molecule has 1 aliphatic rings. The first kappa shape index (κ1) is 14.0. The van der Waals surface area contributed by atoms with Gasteiger partial charge in [-0.15, -0.1) is 0 Å². The van der Waals surface area contributed by atoms with Gasteiger partial charge in [-0.2, -0.15) is 5.10 Å². The second-order valence-electron chi connectivity index (χ2n) is 5.84. The van der Waals surface area contributed by atoms with Crippen molar-refractivity contribution in [3.8, 4) is 0 Å². The lowest BCUT2D eigenvalue weighted by molar-refractivity contribution is 0.0986. The molecule has 2 aromatic rings. The predicted octanol–water partition coefficient (Wildman–Crippen LogP) is 3.52. The Balaban J connectivity index is 1.68. The van der Waals surface area contributed by atoms with Crippen molar-refractivity contribution in [2.45, 2.75) is 51.5 Å². The summed E-state index contributed by atoms with van der Waals surface area (Å²) in [4.78, 5) is 16.5. The standard InChI is InChI=1S/C17H21N3O/c1-13-6-5-9-16(18-13)17(21)12-14-10-11-20(19-14)15-7-3-2-4-8-15/h5-6,9-11,15H,2-4,7-8,12H2,1H3. The molecular weight excluding hydrogens is 262 g/mol. The van der Waals surface area contributed by atoms with E-state index in [1.54, 1.807) is 6.07 Å². The van der Waals surface area contributed by atoms with E-state index in [2.05, 4.69) is 10.1 Å². The van der Waals surface area contributed by atoms with Gasteiger partial charge in [0.15, 0.2) is 5.78 Å². The molecule has 110 valence electrons. The fourth-order valence-electron chi connectivity index (χ4n) is 2.97. The maximum absolute atomic E-state index is 12.2. The van der Waals surface area contributed by atoms with Crippen molar-refractivity contribution in [2.75, 3.05) is 0 Å². The maximum Gasteiger partial charge on any atom is 0.187 e.